The molecule has 0 unspecified atom stereocenters. The van der Waals surface area contributed by atoms with Crippen molar-refractivity contribution in [2.45, 2.75) is 38.5 Å². The molecule has 0 N–H and O–H groups in total. The Balaban J connectivity index is 2.33. The zero-order valence-corrected chi connectivity index (χ0v) is 7.83. The molecule has 1 aliphatic rings. The van der Waals surface area contributed by atoms with Crippen molar-refractivity contribution in [1.29, 1.82) is 0 Å². The number of aromatic nitrogens is 1. The van der Waals surface area contributed by atoms with E-state index in [1.807, 2.05) is 6.07 Å². The maximum Gasteiger partial charge on any atom is 0.195 e. The van der Waals surface area contributed by atoms with Crippen molar-refractivity contribution in [2.75, 3.05) is 0 Å². The summed E-state index contributed by atoms with van der Waals surface area (Å²) in [5, 5.41) is 11.4. The third-order valence-corrected chi connectivity index (χ3v) is 2.77. The molecular formula is C11H15NO. The molecule has 2 rings (SSSR count). The average molecular weight is 177 g/mol. The molecule has 0 saturated carbocycles. The van der Waals surface area contributed by atoms with E-state index in [-0.39, 0.29) is 0 Å². The maximum atomic E-state index is 11.4. The minimum absolute atomic E-state index is 0.958. The van der Waals surface area contributed by atoms with Crippen LogP contribution in [0.15, 0.2) is 18.3 Å². The number of hydrogen-bond donors (Lipinski definition) is 0. The number of rotatable bonds is 0. The Morgan fingerprint density at radius 1 is 1.08 bits per heavy atom. The fourth-order valence-electron chi connectivity index (χ4n) is 2.02. The van der Waals surface area contributed by atoms with Crippen LogP contribution in [0.3, 0.4) is 0 Å². The van der Waals surface area contributed by atoms with Gasteiger partial charge in [-0.15, -0.1) is 0 Å². The number of pyridine rings is 1. The Kier molecular flexibility index (Phi) is 2.48. The molecule has 0 aliphatic heterocycles. The van der Waals surface area contributed by atoms with E-state index in [0.717, 1.165) is 23.3 Å². The molecule has 13 heavy (non-hydrogen) atoms. The molecule has 0 saturated heterocycles. The Bertz CT molecular complexity index is 296. The molecule has 2 nitrogen and oxygen atoms in total. The molecule has 0 spiro atoms. The summed E-state index contributed by atoms with van der Waals surface area (Å²) in [5.41, 5.74) is 2.26. The summed E-state index contributed by atoms with van der Waals surface area (Å²) in [7, 11) is 0. The van der Waals surface area contributed by atoms with E-state index in [1.54, 1.807) is 6.20 Å². The first-order valence-electron chi connectivity index (χ1n) is 5.08. The summed E-state index contributed by atoms with van der Waals surface area (Å²) in [4.78, 5) is 0. The first-order chi connectivity index (χ1) is 6.38. The molecule has 2 heteroatoms. The first kappa shape index (κ1) is 8.54. The molecule has 1 aliphatic carbocycles. The Labute approximate surface area is 78.8 Å². The number of hydrogen-bond acceptors (Lipinski definition) is 1. The van der Waals surface area contributed by atoms with Crippen LogP contribution in [0.5, 0.6) is 0 Å². The van der Waals surface area contributed by atoms with Crippen LogP contribution in [-0.4, -0.2) is 0 Å². The van der Waals surface area contributed by atoms with E-state index in [2.05, 4.69) is 6.07 Å². The zero-order chi connectivity index (χ0) is 9.10. The lowest BCUT2D eigenvalue weighted by molar-refractivity contribution is -0.614. The molecule has 70 valence electrons. The summed E-state index contributed by atoms with van der Waals surface area (Å²) < 4.78 is 1.04. The minimum atomic E-state index is 0.958. The van der Waals surface area contributed by atoms with Crippen LogP contribution in [0.25, 0.3) is 0 Å². The van der Waals surface area contributed by atoms with Crippen molar-refractivity contribution < 1.29 is 4.73 Å². The molecule has 0 radical (unpaired) electrons. The highest BCUT2D eigenvalue weighted by atomic mass is 16.5. The minimum Gasteiger partial charge on any atom is -0.618 e. The van der Waals surface area contributed by atoms with E-state index in [4.69, 9.17) is 0 Å². The monoisotopic (exact) mass is 177 g/mol. The zero-order valence-electron chi connectivity index (χ0n) is 7.83. The average Bonchev–Trinajstić information content (AvgIpc) is 2.07. The molecule has 0 aromatic carbocycles. The van der Waals surface area contributed by atoms with E-state index in [1.165, 1.54) is 31.2 Å². The Hall–Kier alpha value is -1.05. The van der Waals surface area contributed by atoms with Gasteiger partial charge in [0.25, 0.3) is 0 Å². The number of nitrogens with zero attached hydrogens (tertiary/aromatic N) is 1. The van der Waals surface area contributed by atoms with Crippen molar-refractivity contribution in [3.8, 4) is 0 Å². The van der Waals surface area contributed by atoms with E-state index in [0.29, 0.717) is 0 Å². The highest BCUT2D eigenvalue weighted by Gasteiger charge is 2.13. The topological polar surface area (TPSA) is 26.9 Å². The molecule has 1 heterocycles. The van der Waals surface area contributed by atoms with Crippen LogP contribution in [0, 0.1) is 5.21 Å². The number of fused-ring (bicyclic) bond motifs is 1. The van der Waals surface area contributed by atoms with Gasteiger partial charge in [0.05, 0.1) is 0 Å². The van der Waals surface area contributed by atoms with Crippen molar-refractivity contribution in [2.24, 2.45) is 0 Å². The summed E-state index contributed by atoms with van der Waals surface area (Å²) in [6.07, 6.45) is 8.64. The Morgan fingerprint density at radius 3 is 2.69 bits per heavy atom. The van der Waals surface area contributed by atoms with Gasteiger partial charge in [-0.25, -0.2) is 0 Å². The summed E-state index contributed by atoms with van der Waals surface area (Å²) >= 11 is 0. The lowest BCUT2D eigenvalue weighted by atomic mass is 9.97. The van der Waals surface area contributed by atoms with Gasteiger partial charge >= 0.3 is 0 Å². The molecule has 0 amide bonds. The van der Waals surface area contributed by atoms with Gasteiger partial charge in [0.15, 0.2) is 11.9 Å². The van der Waals surface area contributed by atoms with Gasteiger partial charge in [-0.3, -0.25) is 0 Å². The van der Waals surface area contributed by atoms with Crippen molar-refractivity contribution in [3.63, 3.8) is 0 Å². The highest BCUT2D eigenvalue weighted by Crippen LogP contribution is 2.16. The lowest BCUT2D eigenvalue weighted by Crippen LogP contribution is -2.33. The summed E-state index contributed by atoms with van der Waals surface area (Å²) in [6.45, 7) is 0. The lowest BCUT2D eigenvalue weighted by Gasteiger charge is -2.12. The van der Waals surface area contributed by atoms with Crippen molar-refractivity contribution in [3.05, 3.63) is 34.8 Å². The van der Waals surface area contributed by atoms with Crippen LogP contribution in [-0.2, 0) is 12.8 Å². The second-order valence-corrected chi connectivity index (χ2v) is 3.72. The van der Waals surface area contributed by atoms with Crippen LogP contribution in [0.1, 0.15) is 36.9 Å². The highest BCUT2D eigenvalue weighted by molar-refractivity contribution is 5.16. The fraction of sp³-hybridized carbons (Fsp3) is 0.545. The van der Waals surface area contributed by atoms with Crippen molar-refractivity contribution in [1.82, 2.24) is 0 Å². The second-order valence-electron chi connectivity index (χ2n) is 3.72. The summed E-state index contributed by atoms with van der Waals surface area (Å²) in [5.74, 6) is 0. The third kappa shape index (κ3) is 1.82. The van der Waals surface area contributed by atoms with Crippen LogP contribution in [0.2, 0.25) is 0 Å². The standard InChI is InChI=1S/C11H15NO/c13-12-9-5-7-10-6-3-1-2-4-8-11(10)12/h5,7,9H,1-4,6,8H2. The summed E-state index contributed by atoms with van der Waals surface area (Å²) in [6, 6.07) is 3.95. The quantitative estimate of drug-likeness (QED) is 0.439. The van der Waals surface area contributed by atoms with Crippen molar-refractivity contribution >= 4 is 0 Å². The van der Waals surface area contributed by atoms with Gasteiger partial charge in [-0.2, -0.15) is 4.73 Å². The SMILES string of the molecule is [O-][n+]1cccc2c1CCCCCC2. The fourth-order valence-corrected chi connectivity index (χ4v) is 2.02. The molecule has 1 aromatic heterocycles. The van der Waals surface area contributed by atoms with E-state index in [9.17, 15) is 5.21 Å². The molecule has 1 aromatic rings. The normalized spacial score (nSPS) is 17.2. The molecule has 0 bridgehead atoms. The van der Waals surface area contributed by atoms with E-state index >= 15 is 0 Å². The third-order valence-electron chi connectivity index (χ3n) is 2.77. The van der Waals surface area contributed by atoms with Crippen LogP contribution >= 0.6 is 0 Å². The van der Waals surface area contributed by atoms with Gasteiger partial charge in [-0.05, 0) is 25.3 Å². The molecular weight excluding hydrogens is 162 g/mol. The van der Waals surface area contributed by atoms with Gasteiger partial charge in [0.1, 0.15) is 0 Å². The van der Waals surface area contributed by atoms with Crippen LogP contribution < -0.4 is 4.73 Å². The first-order valence-corrected chi connectivity index (χ1v) is 5.08. The molecule has 0 fully saturated rings. The smallest absolute Gasteiger partial charge is 0.195 e. The van der Waals surface area contributed by atoms with Crippen LogP contribution in [0.4, 0.5) is 0 Å². The van der Waals surface area contributed by atoms with E-state index < -0.39 is 0 Å². The maximum absolute atomic E-state index is 11.4. The van der Waals surface area contributed by atoms with Gasteiger partial charge < -0.3 is 5.21 Å². The van der Waals surface area contributed by atoms with Gasteiger partial charge in [0, 0.05) is 18.1 Å². The van der Waals surface area contributed by atoms with Gasteiger partial charge in [0.2, 0.25) is 0 Å². The molecule has 0 atom stereocenters. The number of aryl methyl sites for hydroxylation is 1. The predicted octanol–water partition coefficient (Wildman–Crippen LogP) is 1.98. The Morgan fingerprint density at radius 2 is 1.85 bits per heavy atom. The second kappa shape index (κ2) is 3.77. The van der Waals surface area contributed by atoms with Gasteiger partial charge in [-0.1, -0.05) is 12.8 Å². The largest absolute Gasteiger partial charge is 0.618 e. The predicted molar refractivity (Wildman–Crippen MR) is 51.3 cm³/mol.